The Bertz CT molecular complexity index is 328. The summed E-state index contributed by atoms with van der Waals surface area (Å²) in [5.41, 5.74) is 3.60. The number of hydrogen-bond acceptors (Lipinski definition) is 1. The number of benzene rings is 1. The van der Waals surface area contributed by atoms with Crippen LogP contribution in [0.15, 0.2) is 18.2 Å². The minimum atomic E-state index is 0.690. The van der Waals surface area contributed by atoms with Crippen molar-refractivity contribution in [2.24, 2.45) is 0 Å². The Morgan fingerprint density at radius 3 is 3.08 bits per heavy atom. The van der Waals surface area contributed by atoms with Crippen molar-refractivity contribution in [3.05, 3.63) is 34.9 Å². The van der Waals surface area contributed by atoms with E-state index in [-0.39, 0.29) is 0 Å². The van der Waals surface area contributed by atoms with Crippen molar-refractivity contribution in [2.45, 2.75) is 32.1 Å². The van der Waals surface area contributed by atoms with Gasteiger partial charge in [-0.2, -0.15) is 0 Å². The third-order valence-electron chi connectivity index (χ3n) is 3.05. The summed E-state index contributed by atoms with van der Waals surface area (Å²) in [6.45, 7) is 2.22. The van der Waals surface area contributed by atoms with Gasteiger partial charge in [-0.3, -0.25) is 4.79 Å². The third kappa shape index (κ3) is 1.28. The highest BCUT2D eigenvalue weighted by molar-refractivity contribution is 5.78. The van der Waals surface area contributed by atoms with Gasteiger partial charge in [-0.05, 0) is 36.3 Å². The molecule has 1 heteroatoms. The van der Waals surface area contributed by atoms with Crippen LogP contribution in [0.3, 0.4) is 0 Å². The molecule has 0 amide bonds. The summed E-state index contributed by atoms with van der Waals surface area (Å²) >= 11 is 0. The Morgan fingerprint density at radius 2 is 2.38 bits per heavy atom. The van der Waals surface area contributed by atoms with E-state index in [2.05, 4.69) is 13.0 Å². The van der Waals surface area contributed by atoms with Gasteiger partial charge in [0.15, 0.2) is 0 Å². The van der Waals surface area contributed by atoms with Crippen molar-refractivity contribution >= 4 is 6.29 Å². The van der Waals surface area contributed by atoms with Gasteiger partial charge in [-0.25, -0.2) is 0 Å². The second-order valence-electron chi connectivity index (χ2n) is 3.68. The van der Waals surface area contributed by atoms with E-state index in [0.29, 0.717) is 5.92 Å². The molecule has 0 fully saturated rings. The Kier molecular flexibility index (Phi) is 2.17. The highest BCUT2D eigenvalue weighted by atomic mass is 16.1. The molecule has 0 N–H and O–H groups in total. The molecule has 0 saturated heterocycles. The smallest absolute Gasteiger partial charge is 0.150 e. The van der Waals surface area contributed by atoms with Crippen LogP contribution in [-0.4, -0.2) is 6.29 Å². The fraction of sp³-hybridized carbons (Fsp3) is 0.417. The quantitative estimate of drug-likeness (QED) is 0.630. The van der Waals surface area contributed by atoms with Crippen molar-refractivity contribution in [1.82, 2.24) is 0 Å². The lowest BCUT2D eigenvalue weighted by atomic mass is 9.97. The Balaban J connectivity index is 2.48. The van der Waals surface area contributed by atoms with Gasteiger partial charge in [0.2, 0.25) is 0 Å². The lowest BCUT2D eigenvalue weighted by Gasteiger charge is -2.07. The van der Waals surface area contributed by atoms with Crippen molar-refractivity contribution in [3.63, 3.8) is 0 Å². The maximum absolute atomic E-state index is 10.8. The van der Waals surface area contributed by atoms with Crippen molar-refractivity contribution in [2.75, 3.05) is 0 Å². The Morgan fingerprint density at radius 1 is 1.54 bits per heavy atom. The van der Waals surface area contributed by atoms with E-state index in [4.69, 9.17) is 0 Å². The van der Waals surface area contributed by atoms with E-state index in [1.54, 1.807) is 0 Å². The van der Waals surface area contributed by atoms with Gasteiger partial charge in [0, 0.05) is 5.56 Å². The lowest BCUT2D eigenvalue weighted by Crippen LogP contribution is -1.93. The molecule has 1 aromatic rings. The molecule has 2 rings (SSSR count). The summed E-state index contributed by atoms with van der Waals surface area (Å²) < 4.78 is 0. The fourth-order valence-corrected chi connectivity index (χ4v) is 2.30. The maximum Gasteiger partial charge on any atom is 0.150 e. The normalized spacial score (nSPS) is 19.9. The number of carbonyl (C=O) groups excluding carboxylic acids is 1. The molecule has 0 heterocycles. The van der Waals surface area contributed by atoms with Crippen molar-refractivity contribution in [3.8, 4) is 0 Å². The van der Waals surface area contributed by atoms with Gasteiger partial charge < -0.3 is 0 Å². The van der Waals surface area contributed by atoms with Gasteiger partial charge in [0.05, 0.1) is 0 Å². The van der Waals surface area contributed by atoms with E-state index < -0.39 is 0 Å². The van der Waals surface area contributed by atoms with E-state index in [0.717, 1.165) is 18.3 Å². The predicted molar refractivity (Wildman–Crippen MR) is 53.2 cm³/mol. The number of carbonyl (C=O) groups is 1. The summed E-state index contributed by atoms with van der Waals surface area (Å²) in [4.78, 5) is 10.8. The summed E-state index contributed by atoms with van der Waals surface area (Å²) in [5, 5.41) is 0. The number of hydrogen-bond donors (Lipinski definition) is 0. The van der Waals surface area contributed by atoms with Crippen LogP contribution in [-0.2, 0) is 6.42 Å². The second kappa shape index (κ2) is 3.33. The van der Waals surface area contributed by atoms with Gasteiger partial charge in [0.25, 0.3) is 0 Å². The van der Waals surface area contributed by atoms with Crippen molar-refractivity contribution in [1.29, 1.82) is 0 Å². The highest BCUT2D eigenvalue weighted by Crippen LogP contribution is 2.36. The molecule has 68 valence electrons. The zero-order valence-electron chi connectivity index (χ0n) is 7.92. The Hall–Kier alpha value is -1.11. The zero-order valence-corrected chi connectivity index (χ0v) is 7.92. The largest absolute Gasteiger partial charge is 0.298 e. The Labute approximate surface area is 78.8 Å². The molecule has 0 aromatic heterocycles. The van der Waals surface area contributed by atoms with Crippen LogP contribution < -0.4 is 0 Å². The van der Waals surface area contributed by atoms with Gasteiger partial charge in [-0.1, -0.05) is 25.1 Å². The zero-order chi connectivity index (χ0) is 9.26. The van der Waals surface area contributed by atoms with E-state index in [9.17, 15) is 4.79 Å². The molecule has 0 spiro atoms. The highest BCUT2D eigenvalue weighted by Gasteiger charge is 2.22. The number of fused-ring (bicyclic) bond motifs is 1. The van der Waals surface area contributed by atoms with Gasteiger partial charge >= 0.3 is 0 Å². The van der Waals surface area contributed by atoms with Gasteiger partial charge in [-0.15, -0.1) is 0 Å². The monoisotopic (exact) mass is 174 g/mol. The molecule has 13 heavy (non-hydrogen) atoms. The predicted octanol–water partition coefficient (Wildman–Crippen LogP) is 2.94. The molecule has 1 unspecified atom stereocenters. The molecule has 1 atom stereocenters. The molecule has 1 nitrogen and oxygen atoms in total. The summed E-state index contributed by atoms with van der Waals surface area (Å²) in [7, 11) is 0. The van der Waals surface area contributed by atoms with Crippen LogP contribution in [0.4, 0.5) is 0 Å². The molecule has 1 aliphatic carbocycles. The molecule has 0 bridgehead atoms. The minimum Gasteiger partial charge on any atom is -0.298 e. The third-order valence-corrected chi connectivity index (χ3v) is 3.05. The SMILES string of the molecule is CCC1CCc2c(C=O)cccc21. The van der Waals surface area contributed by atoms with Crippen LogP contribution in [0.5, 0.6) is 0 Å². The van der Waals surface area contributed by atoms with E-state index >= 15 is 0 Å². The van der Waals surface area contributed by atoms with Crippen molar-refractivity contribution < 1.29 is 4.79 Å². The fourth-order valence-electron chi connectivity index (χ4n) is 2.30. The molecule has 1 aliphatic rings. The molecule has 1 aromatic carbocycles. The maximum atomic E-state index is 10.8. The first kappa shape index (κ1) is 8.49. The standard InChI is InChI=1S/C12H14O/c1-2-9-6-7-12-10(8-13)4-3-5-11(9)12/h3-5,8-9H,2,6-7H2,1H3. The molecular formula is C12H14O. The van der Waals surface area contributed by atoms with Gasteiger partial charge in [0.1, 0.15) is 6.29 Å². The molecule has 0 aliphatic heterocycles. The molecular weight excluding hydrogens is 160 g/mol. The first-order chi connectivity index (χ1) is 6.36. The minimum absolute atomic E-state index is 0.690. The first-order valence-electron chi connectivity index (χ1n) is 4.93. The topological polar surface area (TPSA) is 17.1 Å². The number of aldehydes is 1. The summed E-state index contributed by atoms with van der Waals surface area (Å²) in [6.07, 6.45) is 4.48. The second-order valence-corrected chi connectivity index (χ2v) is 3.68. The molecule has 0 saturated carbocycles. The van der Waals surface area contributed by atoms with E-state index in [1.165, 1.54) is 24.0 Å². The summed E-state index contributed by atoms with van der Waals surface area (Å²) in [5.74, 6) is 0.690. The lowest BCUT2D eigenvalue weighted by molar-refractivity contribution is 0.112. The number of rotatable bonds is 2. The van der Waals surface area contributed by atoms with Crippen LogP contribution in [0.2, 0.25) is 0 Å². The average Bonchev–Trinajstić information content (AvgIpc) is 2.60. The average molecular weight is 174 g/mol. The molecule has 0 radical (unpaired) electrons. The van der Waals surface area contributed by atoms with Crippen LogP contribution in [0.25, 0.3) is 0 Å². The van der Waals surface area contributed by atoms with Crippen LogP contribution in [0.1, 0.15) is 47.2 Å². The first-order valence-corrected chi connectivity index (χ1v) is 4.93. The van der Waals surface area contributed by atoms with Crippen LogP contribution in [0, 0.1) is 0 Å². The van der Waals surface area contributed by atoms with E-state index in [1.807, 2.05) is 12.1 Å². The summed E-state index contributed by atoms with van der Waals surface area (Å²) in [6, 6.07) is 6.09. The van der Waals surface area contributed by atoms with Crippen LogP contribution >= 0.6 is 0 Å².